The minimum Gasteiger partial charge on any atom is -0.207 e. The van der Waals surface area contributed by atoms with E-state index >= 15 is 0 Å². The average molecular weight is 382 g/mol. The maximum atomic E-state index is 12.5. The number of benzene rings is 2. The van der Waals surface area contributed by atoms with Crippen molar-refractivity contribution in [2.45, 2.75) is 24.0 Å². The van der Waals surface area contributed by atoms with E-state index in [2.05, 4.69) is 15.9 Å². The Morgan fingerprint density at radius 3 is 2.24 bits per heavy atom. The lowest BCUT2D eigenvalue weighted by Crippen LogP contribution is -2.43. The lowest BCUT2D eigenvalue weighted by atomic mass is 10.1. The molecule has 2 rings (SSSR count). The van der Waals surface area contributed by atoms with Crippen LogP contribution in [0, 0.1) is 0 Å². The molecular weight excluding hydrogens is 371 g/mol. The molecule has 21 heavy (non-hydrogen) atoms. The van der Waals surface area contributed by atoms with Crippen LogP contribution in [0.1, 0.15) is 6.92 Å². The van der Waals surface area contributed by atoms with Gasteiger partial charge in [0.1, 0.15) is 6.04 Å². The molecule has 0 spiro atoms. The van der Waals surface area contributed by atoms with Crippen LogP contribution in [0.2, 0.25) is 0 Å². The molecule has 2 aromatic rings. The van der Waals surface area contributed by atoms with Crippen LogP contribution in [0.15, 0.2) is 45.8 Å². The maximum absolute atomic E-state index is 12.5. The predicted octanol–water partition coefficient (Wildman–Crippen LogP) is 3.83. The summed E-state index contributed by atoms with van der Waals surface area (Å²) in [6.45, 7) is 0.762. The number of alkyl halides is 3. The Hall–Kier alpha value is -1.12. The van der Waals surface area contributed by atoms with Gasteiger partial charge in [-0.2, -0.15) is 17.9 Å². The summed E-state index contributed by atoms with van der Waals surface area (Å²) in [5.41, 5.74) is 0. The van der Waals surface area contributed by atoms with E-state index in [0.717, 1.165) is 6.92 Å². The van der Waals surface area contributed by atoms with Crippen LogP contribution in [-0.4, -0.2) is 20.6 Å². The number of fused-ring (bicyclic) bond motifs is 1. The summed E-state index contributed by atoms with van der Waals surface area (Å²) in [4.78, 5) is -0.183. The molecule has 2 aromatic carbocycles. The molecule has 0 aromatic heterocycles. The van der Waals surface area contributed by atoms with Crippen LogP contribution in [0.5, 0.6) is 0 Å². The molecule has 0 saturated heterocycles. The Morgan fingerprint density at radius 1 is 1.10 bits per heavy atom. The van der Waals surface area contributed by atoms with E-state index in [1.807, 2.05) is 0 Å². The fraction of sp³-hybridized carbons (Fsp3) is 0.231. The van der Waals surface area contributed by atoms with Crippen molar-refractivity contribution >= 4 is 36.7 Å². The molecule has 0 saturated carbocycles. The van der Waals surface area contributed by atoms with E-state index in [9.17, 15) is 21.6 Å². The highest BCUT2D eigenvalue weighted by molar-refractivity contribution is 9.10. The van der Waals surface area contributed by atoms with Gasteiger partial charge in [0.2, 0.25) is 10.0 Å². The average Bonchev–Trinajstić information content (AvgIpc) is 2.37. The van der Waals surface area contributed by atoms with Gasteiger partial charge in [-0.3, -0.25) is 0 Å². The van der Waals surface area contributed by atoms with Gasteiger partial charge in [-0.1, -0.05) is 40.2 Å². The summed E-state index contributed by atoms with van der Waals surface area (Å²) < 4.78 is 64.3. The fourth-order valence-electron chi connectivity index (χ4n) is 1.83. The van der Waals surface area contributed by atoms with Crippen molar-refractivity contribution in [1.29, 1.82) is 0 Å². The van der Waals surface area contributed by atoms with Gasteiger partial charge in [-0.25, -0.2) is 8.42 Å². The van der Waals surface area contributed by atoms with E-state index in [0.29, 0.717) is 15.2 Å². The quantitative estimate of drug-likeness (QED) is 0.877. The topological polar surface area (TPSA) is 46.2 Å². The molecule has 0 radical (unpaired) electrons. The van der Waals surface area contributed by atoms with Crippen molar-refractivity contribution in [2.75, 3.05) is 0 Å². The van der Waals surface area contributed by atoms with E-state index in [4.69, 9.17) is 0 Å². The molecule has 8 heteroatoms. The Bertz CT molecular complexity index is 775. The molecule has 1 atom stereocenters. The lowest BCUT2D eigenvalue weighted by molar-refractivity contribution is -0.147. The zero-order valence-electron chi connectivity index (χ0n) is 10.8. The van der Waals surface area contributed by atoms with Crippen molar-refractivity contribution in [3.8, 4) is 0 Å². The van der Waals surface area contributed by atoms with Crippen molar-refractivity contribution in [1.82, 2.24) is 4.72 Å². The van der Waals surface area contributed by atoms with Crippen molar-refractivity contribution in [3.05, 3.63) is 40.9 Å². The summed E-state index contributed by atoms with van der Waals surface area (Å²) in [5.74, 6) is 0. The Labute approximate surface area is 128 Å². The largest absolute Gasteiger partial charge is 0.404 e. The zero-order valence-corrected chi connectivity index (χ0v) is 13.2. The monoisotopic (exact) mass is 381 g/mol. The highest BCUT2D eigenvalue weighted by atomic mass is 79.9. The van der Waals surface area contributed by atoms with Gasteiger partial charge < -0.3 is 0 Å². The first kappa shape index (κ1) is 16.3. The third-order valence-electron chi connectivity index (χ3n) is 2.94. The van der Waals surface area contributed by atoms with Crippen LogP contribution >= 0.6 is 15.9 Å². The van der Waals surface area contributed by atoms with Crippen molar-refractivity contribution in [3.63, 3.8) is 0 Å². The summed E-state index contributed by atoms with van der Waals surface area (Å²) in [7, 11) is -4.28. The third kappa shape index (κ3) is 3.38. The van der Waals surface area contributed by atoms with Crippen molar-refractivity contribution < 1.29 is 21.6 Å². The molecule has 0 aliphatic heterocycles. The molecule has 0 unspecified atom stereocenters. The number of hydrogen-bond acceptors (Lipinski definition) is 2. The summed E-state index contributed by atoms with van der Waals surface area (Å²) in [6.07, 6.45) is -4.64. The molecule has 0 heterocycles. The Morgan fingerprint density at radius 2 is 1.67 bits per heavy atom. The normalized spacial score (nSPS) is 14.3. The fourth-order valence-corrected chi connectivity index (χ4v) is 3.75. The lowest BCUT2D eigenvalue weighted by Gasteiger charge is -2.18. The Kier molecular flexibility index (Phi) is 4.32. The van der Waals surface area contributed by atoms with Crippen LogP contribution in [-0.2, 0) is 10.0 Å². The van der Waals surface area contributed by atoms with Gasteiger partial charge in [0, 0.05) is 9.86 Å². The highest BCUT2D eigenvalue weighted by Crippen LogP contribution is 2.30. The SMILES string of the molecule is C[C@H](NS(=O)(=O)c1ccc(Br)c2ccccc12)C(F)(F)F. The van der Waals surface area contributed by atoms with E-state index in [1.165, 1.54) is 12.1 Å². The van der Waals surface area contributed by atoms with Gasteiger partial charge in [-0.15, -0.1) is 0 Å². The second-order valence-electron chi connectivity index (χ2n) is 4.48. The number of sulfonamides is 1. The maximum Gasteiger partial charge on any atom is 0.404 e. The first-order valence-corrected chi connectivity index (χ1v) is 8.17. The van der Waals surface area contributed by atoms with Gasteiger partial charge >= 0.3 is 6.18 Å². The van der Waals surface area contributed by atoms with Gasteiger partial charge in [0.25, 0.3) is 0 Å². The molecule has 0 aliphatic rings. The standard InChI is InChI=1S/C13H11BrF3NO2S/c1-8(13(15,16)17)18-21(19,20)12-7-6-11(14)9-4-2-3-5-10(9)12/h2-8,18H,1H3/t8-/m0/s1. The first-order chi connectivity index (χ1) is 9.63. The molecule has 0 fully saturated rings. The number of rotatable bonds is 3. The van der Waals surface area contributed by atoms with Gasteiger partial charge in [0.05, 0.1) is 4.90 Å². The third-order valence-corrected chi connectivity index (χ3v) is 5.23. The van der Waals surface area contributed by atoms with Crippen LogP contribution in [0.25, 0.3) is 10.8 Å². The minimum atomic E-state index is -4.64. The summed E-state index contributed by atoms with van der Waals surface area (Å²) in [5, 5.41) is 0.966. The van der Waals surface area contributed by atoms with Gasteiger partial charge in [0.15, 0.2) is 0 Å². The molecule has 0 aliphatic carbocycles. The van der Waals surface area contributed by atoms with Crippen LogP contribution in [0.3, 0.4) is 0 Å². The number of hydrogen-bond donors (Lipinski definition) is 1. The molecule has 3 nitrogen and oxygen atoms in total. The van der Waals surface area contributed by atoms with Crippen LogP contribution in [0.4, 0.5) is 13.2 Å². The second kappa shape index (κ2) is 5.58. The molecule has 114 valence electrons. The molecule has 0 amide bonds. The van der Waals surface area contributed by atoms with E-state index in [-0.39, 0.29) is 4.90 Å². The molecule has 1 N–H and O–H groups in total. The van der Waals surface area contributed by atoms with Crippen molar-refractivity contribution in [2.24, 2.45) is 0 Å². The summed E-state index contributed by atoms with van der Waals surface area (Å²) in [6, 6.07) is 7.19. The summed E-state index contributed by atoms with van der Waals surface area (Å²) >= 11 is 3.29. The molecular formula is C13H11BrF3NO2S. The van der Waals surface area contributed by atoms with Gasteiger partial charge in [-0.05, 0) is 24.4 Å². The smallest absolute Gasteiger partial charge is 0.207 e. The van der Waals surface area contributed by atoms with E-state index in [1.54, 1.807) is 29.0 Å². The second-order valence-corrected chi connectivity index (χ2v) is 7.01. The van der Waals surface area contributed by atoms with E-state index < -0.39 is 22.2 Å². The number of nitrogens with one attached hydrogen (secondary N) is 1. The molecule has 0 bridgehead atoms. The van der Waals surface area contributed by atoms with Crippen LogP contribution < -0.4 is 4.72 Å². The number of halogens is 4. The Balaban J connectivity index is 2.54. The first-order valence-electron chi connectivity index (χ1n) is 5.89. The minimum absolute atomic E-state index is 0.183. The predicted molar refractivity (Wildman–Crippen MR) is 77.5 cm³/mol. The zero-order chi connectivity index (χ0) is 15.8. The highest BCUT2D eigenvalue weighted by Gasteiger charge is 2.39.